The van der Waals surface area contributed by atoms with Crippen LogP contribution in [-0.4, -0.2) is 29.6 Å². The molecule has 1 N–H and O–H groups in total. The highest BCUT2D eigenvalue weighted by molar-refractivity contribution is 5.84. The van der Waals surface area contributed by atoms with Gasteiger partial charge in [0.2, 0.25) is 5.91 Å². The van der Waals surface area contributed by atoms with Crippen molar-refractivity contribution in [2.24, 2.45) is 11.3 Å². The molecule has 0 aliphatic carbocycles. The van der Waals surface area contributed by atoms with Crippen molar-refractivity contribution in [2.45, 2.75) is 85.9 Å². The SMILES string of the molecule is CCCCC1NC(CCC)N(CC(C)(C)C(C)C)C1=O. The molecule has 1 fully saturated rings. The van der Waals surface area contributed by atoms with Gasteiger partial charge in [-0.15, -0.1) is 0 Å². The first-order chi connectivity index (χ1) is 9.33. The van der Waals surface area contributed by atoms with Crippen molar-refractivity contribution in [3.8, 4) is 0 Å². The van der Waals surface area contributed by atoms with Crippen LogP contribution in [0, 0.1) is 11.3 Å². The molecule has 1 heterocycles. The summed E-state index contributed by atoms with van der Waals surface area (Å²) in [6, 6.07) is 0.0504. The zero-order chi connectivity index (χ0) is 15.3. The fraction of sp³-hybridized carbons (Fsp3) is 0.941. The van der Waals surface area contributed by atoms with Crippen LogP contribution in [0.5, 0.6) is 0 Å². The largest absolute Gasteiger partial charge is 0.325 e. The fourth-order valence-corrected chi connectivity index (χ4v) is 2.68. The Labute approximate surface area is 125 Å². The third-order valence-electron chi connectivity index (χ3n) is 4.90. The quantitative estimate of drug-likeness (QED) is 0.734. The van der Waals surface area contributed by atoms with Crippen molar-refractivity contribution in [1.29, 1.82) is 0 Å². The number of nitrogens with one attached hydrogen (secondary N) is 1. The van der Waals surface area contributed by atoms with Gasteiger partial charge in [-0.1, -0.05) is 60.8 Å². The topological polar surface area (TPSA) is 32.3 Å². The summed E-state index contributed by atoms with van der Waals surface area (Å²) >= 11 is 0. The van der Waals surface area contributed by atoms with Gasteiger partial charge in [0.05, 0.1) is 12.2 Å². The number of hydrogen-bond donors (Lipinski definition) is 1. The Morgan fingerprint density at radius 2 is 1.85 bits per heavy atom. The summed E-state index contributed by atoms with van der Waals surface area (Å²) in [6.07, 6.45) is 5.68. The molecule has 1 rings (SSSR count). The summed E-state index contributed by atoms with van der Waals surface area (Å²) < 4.78 is 0. The van der Waals surface area contributed by atoms with E-state index in [1.54, 1.807) is 0 Å². The monoisotopic (exact) mass is 282 g/mol. The molecule has 0 aromatic heterocycles. The van der Waals surface area contributed by atoms with Crippen LogP contribution in [-0.2, 0) is 4.79 Å². The van der Waals surface area contributed by atoms with Crippen LogP contribution >= 0.6 is 0 Å². The van der Waals surface area contributed by atoms with Crippen molar-refractivity contribution in [3.63, 3.8) is 0 Å². The molecule has 118 valence electrons. The van der Waals surface area contributed by atoms with Crippen molar-refractivity contribution >= 4 is 5.91 Å². The van der Waals surface area contributed by atoms with Crippen molar-refractivity contribution in [2.75, 3.05) is 6.54 Å². The lowest BCUT2D eigenvalue weighted by Gasteiger charge is -2.36. The molecule has 1 amide bonds. The summed E-state index contributed by atoms with van der Waals surface area (Å²) in [5.41, 5.74) is 0.170. The Morgan fingerprint density at radius 1 is 1.20 bits per heavy atom. The number of carbonyl (C=O) groups excluding carboxylic acids is 1. The van der Waals surface area contributed by atoms with Gasteiger partial charge < -0.3 is 4.90 Å². The standard InChI is InChI=1S/C17H34N2O/c1-7-9-11-14-16(20)19(15(18-14)10-8-2)12-17(5,6)13(3)4/h13-15,18H,7-12H2,1-6H3. The van der Waals surface area contributed by atoms with E-state index in [4.69, 9.17) is 0 Å². The third kappa shape index (κ3) is 4.21. The van der Waals surface area contributed by atoms with Gasteiger partial charge in [0.25, 0.3) is 0 Å². The molecular formula is C17H34N2O. The second-order valence-corrected chi connectivity index (χ2v) is 7.28. The lowest BCUT2D eigenvalue weighted by atomic mass is 9.80. The zero-order valence-electron chi connectivity index (χ0n) is 14.3. The van der Waals surface area contributed by atoms with Crippen LogP contribution in [0.3, 0.4) is 0 Å². The zero-order valence-corrected chi connectivity index (χ0v) is 14.3. The van der Waals surface area contributed by atoms with E-state index in [2.05, 4.69) is 51.8 Å². The van der Waals surface area contributed by atoms with Gasteiger partial charge in [0.1, 0.15) is 0 Å². The highest BCUT2D eigenvalue weighted by atomic mass is 16.2. The van der Waals surface area contributed by atoms with Crippen molar-refractivity contribution in [1.82, 2.24) is 10.2 Å². The van der Waals surface area contributed by atoms with Crippen LogP contribution < -0.4 is 5.32 Å². The minimum atomic E-state index is 0.0504. The Balaban J connectivity index is 2.76. The summed E-state index contributed by atoms with van der Waals surface area (Å²) in [6.45, 7) is 14.3. The minimum Gasteiger partial charge on any atom is -0.325 e. The van der Waals surface area contributed by atoms with Gasteiger partial charge in [0, 0.05) is 6.54 Å². The molecule has 0 aromatic carbocycles. The van der Waals surface area contributed by atoms with Gasteiger partial charge in [-0.05, 0) is 24.2 Å². The normalized spacial score (nSPS) is 23.9. The van der Waals surface area contributed by atoms with E-state index in [-0.39, 0.29) is 17.6 Å². The molecule has 1 saturated heterocycles. The van der Waals surface area contributed by atoms with Gasteiger partial charge in [-0.2, -0.15) is 0 Å². The van der Waals surface area contributed by atoms with E-state index in [0.717, 1.165) is 38.6 Å². The van der Waals surface area contributed by atoms with Gasteiger partial charge in [-0.3, -0.25) is 10.1 Å². The van der Waals surface area contributed by atoms with Gasteiger partial charge >= 0.3 is 0 Å². The number of amides is 1. The second-order valence-electron chi connectivity index (χ2n) is 7.28. The number of nitrogens with zero attached hydrogens (tertiary/aromatic N) is 1. The molecule has 0 aromatic rings. The van der Waals surface area contributed by atoms with Crippen LogP contribution in [0.2, 0.25) is 0 Å². The van der Waals surface area contributed by atoms with E-state index in [9.17, 15) is 4.79 Å². The second kappa shape index (κ2) is 7.44. The van der Waals surface area contributed by atoms with E-state index >= 15 is 0 Å². The molecule has 0 spiro atoms. The summed E-state index contributed by atoms with van der Waals surface area (Å²) in [7, 11) is 0. The van der Waals surface area contributed by atoms with E-state index < -0.39 is 0 Å². The predicted molar refractivity (Wildman–Crippen MR) is 85.5 cm³/mol. The highest BCUT2D eigenvalue weighted by Crippen LogP contribution is 2.30. The summed E-state index contributed by atoms with van der Waals surface area (Å²) in [5.74, 6) is 0.901. The number of unbranched alkanes of at least 4 members (excludes halogenated alkanes) is 1. The van der Waals surface area contributed by atoms with E-state index in [1.165, 1.54) is 0 Å². The number of hydrogen-bond acceptors (Lipinski definition) is 2. The van der Waals surface area contributed by atoms with Crippen LogP contribution in [0.25, 0.3) is 0 Å². The maximum Gasteiger partial charge on any atom is 0.241 e. The number of carbonyl (C=O) groups is 1. The molecule has 2 unspecified atom stereocenters. The van der Waals surface area contributed by atoms with Crippen molar-refractivity contribution in [3.05, 3.63) is 0 Å². The first kappa shape index (κ1) is 17.5. The minimum absolute atomic E-state index is 0.0504. The molecule has 0 bridgehead atoms. The first-order valence-corrected chi connectivity index (χ1v) is 8.40. The lowest BCUT2D eigenvalue weighted by Crippen LogP contribution is -2.44. The Kier molecular flexibility index (Phi) is 6.50. The average Bonchev–Trinajstić information content (AvgIpc) is 2.65. The smallest absolute Gasteiger partial charge is 0.241 e. The third-order valence-corrected chi connectivity index (χ3v) is 4.90. The molecule has 2 atom stereocenters. The first-order valence-electron chi connectivity index (χ1n) is 8.40. The molecule has 1 aliphatic heterocycles. The Hall–Kier alpha value is -0.570. The number of rotatable bonds is 8. The van der Waals surface area contributed by atoms with Crippen LogP contribution in [0.4, 0.5) is 0 Å². The van der Waals surface area contributed by atoms with Crippen LogP contribution in [0.15, 0.2) is 0 Å². The lowest BCUT2D eigenvalue weighted by molar-refractivity contribution is -0.132. The Bertz CT molecular complexity index is 312. The van der Waals surface area contributed by atoms with Gasteiger partial charge in [-0.25, -0.2) is 0 Å². The molecule has 3 nitrogen and oxygen atoms in total. The molecule has 1 aliphatic rings. The average molecular weight is 282 g/mol. The van der Waals surface area contributed by atoms with E-state index in [0.29, 0.717) is 11.8 Å². The van der Waals surface area contributed by atoms with Crippen molar-refractivity contribution < 1.29 is 4.79 Å². The summed E-state index contributed by atoms with van der Waals surface area (Å²) in [5, 5.41) is 3.56. The van der Waals surface area contributed by atoms with Crippen LogP contribution in [0.1, 0.15) is 73.6 Å². The predicted octanol–water partition coefficient (Wildman–Crippen LogP) is 3.79. The van der Waals surface area contributed by atoms with Gasteiger partial charge in [0.15, 0.2) is 0 Å². The maximum absolute atomic E-state index is 12.7. The molecule has 0 radical (unpaired) electrons. The summed E-state index contributed by atoms with van der Waals surface area (Å²) in [4.78, 5) is 14.8. The molecule has 0 saturated carbocycles. The molecule has 20 heavy (non-hydrogen) atoms. The molecule has 3 heteroatoms. The molecular weight excluding hydrogens is 248 g/mol. The highest BCUT2D eigenvalue weighted by Gasteiger charge is 2.40. The Morgan fingerprint density at radius 3 is 2.35 bits per heavy atom. The maximum atomic E-state index is 12.7. The van der Waals surface area contributed by atoms with E-state index in [1.807, 2.05) is 0 Å². The fourth-order valence-electron chi connectivity index (χ4n) is 2.68.